The third-order valence-electron chi connectivity index (χ3n) is 3.79. The van der Waals surface area contributed by atoms with Crippen molar-refractivity contribution in [1.82, 2.24) is 10.6 Å². The Morgan fingerprint density at radius 1 is 1.42 bits per heavy atom. The van der Waals surface area contributed by atoms with Gasteiger partial charge in [0.15, 0.2) is 0 Å². The van der Waals surface area contributed by atoms with Gasteiger partial charge in [0.05, 0.1) is 19.8 Å². The predicted molar refractivity (Wildman–Crippen MR) is 98.6 cm³/mol. The Bertz CT molecular complexity index is 647. The van der Waals surface area contributed by atoms with Gasteiger partial charge in [0.25, 0.3) is 0 Å². The number of esters is 1. The predicted octanol–water partition coefficient (Wildman–Crippen LogP) is 3.13. The van der Waals surface area contributed by atoms with Crippen molar-refractivity contribution >= 4 is 34.6 Å². The first-order valence-corrected chi connectivity index (χ1v) is 8.82. The molecule has 0 radical (unpaired) electrons. The SMILES string of the molecule is C=C1NC(=O)N[C@H](c2cc(I)ccc2OCCCC)[C@H]1C(=O)OC. The molecule has 7 heteroatoms. The first kappa shape index (κ1) is 18.6. The van der Waals surface area contributed by atoms with Crippen molar-refractivity contribution in [2.24, 2.45) is 5.92 Å². The summed E-state index contributed by atoms with van der Waals surface area (Å²) in [5.74, 6) is -0.534. The number of rotatable bonds is 6. The highest BCUT2D eigenvalue weighted by Crippen LogP contribution is 2.36. The molecule has 0 spiro atoms. The highest BCUT2D eigenvalue weighted by atomic mass is 127. The number of carbonyl (C=O) groups is 2. The number of benzene rings is 1. The van der Waals surface area contributed by atoms with Crippen molar-refractivity contribution < 1.29 is 19.1 Å². The van der Waals surface area contributed by atoms with E-state index in [1.807, 2.05) is 18.2 Å². The average molecular weight is 444 g/mol. The van der Waals surface area contributed by atoms with E-state index < -0.39 is 24.0 Å². The average Bonchev–Trinajstić information content (AvgIpc) is 2.55. The number of ether oxygens (including phenoxy) is 2. The number of amides is 2. The molecule has 0 aliphatic carbocycles. The van der Waals surface area contributed by atoms with Gasteiger partial charge >= 0.3 is 12.0 Å². The number of nitrogens with one attached hydrogen (secondary N) is 2. The van der Waals surface area contributed by atoms with Crippen LogP contribution in [-0.4, -0.2) is 25.7 Å². The summed E-state index contributed by atoms with van der Waals surface area (Å²) >= 11 is 2.19. The number of halogens is 1. The molecule has 0 saturated carbocycles. The van der Waals surface area contributed by atoms with Crippen LogP contribution in [0.1, 0.15) is 31.4 Å². The maximum absolute atomic E-state index is 12.2. The monoisotopic (exact) mass is 444 g/mol. The number of hydrogen-bond acceptors (Lipinski definition) is 4. The minimum absolute atomic E-state index is 0.314. The Balaban J connectivity index is 2.41. The number of hydrogen-bond donors (Lipinski definition) is 2. The summed E-state index contributed by atoms with van der Waals surface area (Å²) in [5.41, 5.74) is 1.05. The van der Waals surface area contributed by atoms with Gasteiger partial charge in [0, 0.05) is 14.8 Å². The lowest BCUT2D eigenvalue weighted by Crippen LogP contribution is -2.51. The summed E-state index contributed by atoms with van der Waals surface area (Å²) in [6, 6.07) is 4.70. The standard InChI is InChI=1S/C17H21IN2O4/c1-4-5-8-24-13-7-6-11(18)9-12(13)15-14(16(21)23-3)10(2)19-17(22)20-15/h6-7,9,14-15H,2,4-5,8H2,1,3H3,(H2,19,20,22)/t14-,15+/m0/s1. The number of urea groups is 1. The largest absolute Gasteiger partial charge is 0.493 e. The van der Waals surface area contributed by atoms with Crippen molar-refractivity contribution in [3.63, 3.8) is 0 Å². The van der Waals surface area contributed by atoms with E-state index in [0.717, 1.165) is 22.0 Å². The van der Waals surface area contributed by atoms with Crippen LogP contribution < -0.4 is 15.4 Å². The van der Waals surface area contributed by atoms with Gasteiger partial charge in [-0.1, -0.05) is 19.9 Å². The molecule has 1 aliphatic rings. The van der Waals surface area contributed by atoms with Crippen LogP contribution in [0.15, 0.2) is 30.5 Å². The lowest BCUT2D eigenvalue weighted by molar-refractivity contribution is -0.145. The Morgan fingerprint density at radius 3 is 2.83 bits per heavy atom. The smallest absolute Gasteiger partial charge is 0.319 e. The molecule has 0 bridgehead atoms. The fraction of sp³-hybridized carbons (Fsp3) is 0.412. The maximum atomic E-state index is 12.2. The lowest BCUT2D eigenvalue weighted by atomic mass is 9.88. The second-order valence-corrected chi connectivity index (χ2v) is 6.73. The summed E-state index contributed by atoms with van der Waals surface area (Å²) in [4.78, 5) is 24.1. The summed E-state index contributed by atoms with van der Waals surface area (Å²) < 4.78 is 11.7. The first-order chi connectivity index (χ1) is 11.5. The van der Waals surface area contributed by atoms with Gasteiger partial charge in [-0.3, -0.25) is 4.79 Å². The summed E-state index contributed by atoms with van der Waals surface area (Å²) in [5, 5.41) is 5.33. The lowest BCUT2D eigenvalue weighted by Gasteiger charge is -2.33. The third kappa shape index (κ3) is 4.19. The van der Waals surface area contributed by atoms with Crippen LogP contribution in [0.3, 0.4) is 0 Å². The molecule has 1 aromatic carbocycles. The zero-order chi connectivity index (χ0) is 17.7. The summed E-state index contributed by atoms with van der Waals surface area (Å²) in [6.07, 6.45) is 1.95. The van der Waals surface area contributed by atoms with Crippen LogP contribution in [0.4, 0.5) is 4.79 Å². The number of unbranched alkanes of at least 4 members (excludes halogenated alkanes) is 1. The zero-order valence-electron chi connectivity index (χ0n) is 13.7. The molecule has 0 aromatic heterocycles. The first-order valence-electron chi connectivity index (χ1n) is 7.74. The molecule has 2 N–H and O–H groups in total. The van der Waals surface area contributed by atoms with Gasteiger partial charge in [0.2, 0.25) is 0 Å². The fourth-order valence-corrected chi connectivity index (χ4v) is 3.08. The zero-order valence-corrected chi connectivity index (χ0v) is 15.9. The number of carbonyl (C=O) groups excluding carboxylic acids is 2. The van der Waals surface area contributed by atoms with Crippen LogP contribution >= 0.6 is 22.6 Å². The van der Waals surface area contributed by atoms with Crippen LogP contribution in [-0.2, 0) is 9.53 Å². The van der Waals surface area contributed by atoms with E-state index in [2.05, 4.69) is 46.7 Å². The Kier molecular flexibility index (Phi) is 6.47. The normalized spacial score (nSPS) is 20.1. The van der Waals surface area contributed by atoms with Crippen molar-refractivity contribution in [3.8, 4) is 5.75 Å². The molecule has 1 fully saturated rings. The van der Waals surface area contributed by atoms with E-state index in [1.54, 1.807) is 0 Å². The minimum Gasteiger partial charge on any atom is -0.493 e. The van der Waals surface area contributed by atoms with Crippen molar-refractivity contribution in [2.45, 2.75) is 25.8 Å². The molecule has 0 unspecified atom stereocenters. The van der Waals surface area contributed by atoms with Gasteiger partial charge in [-0.2, -0.15) is 0 Å². The van der Waals surface area contributed by atoms with E-state index in [-0.39, 0.29) is 0 Å². The second kappa shape index (κ2) is 8.36. The van der Waals surface area contributed by atoms with Crippen molar-refractivity contribution in [2.75, 3.05) is 13.7 Å². The topological polar surface area (TPSA) is 76.7 Å². The Morgan fingerprint density at radius 2 is 2.17 bits per heavy atom. The Labute approximate surface area is 155 Å². The summed E-state index contributed by atoms with van der Waals surface area (Å²) in [6.45, 7) is 6.46. The van der Waals surface area contributed by atoms with Crippen molar-refractivity contribution in [1.29, 1.82) is 0 Å². The van der Waals surface area contributed by atoms with Crippen molar-refractivity contribution in [3.05, 3.63) is 39.6 Å². The second-order valence-electron chi connectivity index (χ2n) is 5.49. The quantitative estimate of drug-likeness (QED) is 0.402. The molecule has 2 atom stereocenters. The van der Waals surface area contributed by atoms with Gasteiger partial charge in [0.1, 0.15) is 11.7 Å². The Hall–Kier alpha value is -1.77. The third-order valence-corrected chi connectivity index (χ3v) is 4.46. The van der Waals surface area contributed by atoms with Gasteiger partial charge in [-0.05, 0) is 47.2 Å². The van der Waals surface area contributed by atoms with Crippen LogP contribution in [0.2, 0.25) is 0 Å². The highest BCUT2D eigenvalue weighted by molar-refractivity contribution is 14.1. The molecule has 1 heterocycles. The fourth-order valence-electron chi connectivity index (χ4n) is 2.57. The van der Waals surface area contributed by atoms with E-state index in [1.165, 1.54) is 7.11 Å². The molecule has 1 aliphatic heterocycles. The van der Waals surface area contributed by atoms with E-state index in [9.17, 15) is 9.59 Å². The van der Waals surface area contributed by atoms with E-state index in [4.69, 9.17) is 9.47 Å². The molecule has 6 nitrogen and oxygen atoms in total. The molecule has 1 saturated heterocycles. The van der Waals surface area contributed by atoms with E-state index >= 15 is 0 Å². The molecule has 2 rings (SSSR count). The van der Waals surface area contributed by atoms with E-state index in [0.29, 0.717) is 18.1 Å². The molecule has 2 amide bonds. The molecule has 130 valence electrons. The molecule has 24 heavy (non-hydrogen) atoms. The minimum atomic E-state index is -0.723. The van der Waals surface area contributed by atoms with Crippen LogP contribution in [0.25, 0.3) is 0 Å². The molecule has 1 aromatic rings. The number of methoxy groups -OCH3 is 1. The summed E-state index contributed by atoms with van der Waals surface area (Å²) in [7, 11) is 1.32. The molecular formula is C17H21IN2O4. The van der Waals surface area contributed by atoms with Crippen LogP contribution in [0.5, 0.6) is 5.75 Å². The van der Waals surface area contributed by atoms with Gasteiger partial charge in [-0.15, -0.1) is 0 Å². The van der Waals surface area contributed by atoms with Crippen LogP contribution in [0, 0.1) is 9.49 Å². The maximum Gasteiger partial charge on any atom is 0.319 e. The van der Waals surface area contributed by atoms with Gasteiger partial charge in [-0.25, -0.2) is 4.79 Å². The highest BCUT2D eigenvalue weighted by Gasteiger charge is 2.40. The molecular weight excluding hydrogens is 423 g/mol. The van der Waals surface area contributed by atoms with Gasteiger partial charge < -0.3 is 20.1 Å².